The summed E-state index contributed by atoms with van der Waals surface area (Å²) in [7, 11) is 0. The molecule has 0 aliphatic rings. The topological polar surface area (TPSA) is 85.6 Å². The van der Waals surface area contributed by atoms with Crippen molar-refractivity contribution in [2.75, 3.05) is 0 Å². The summed E-state index contributed by atoms with van der Waals surface area (Å²) in [6, 6.07) is 1.18. The predicted octanol–water partition coefficient (Wildman–Crippen LogP) is -0.128. The smallest absolute Gasteiger partial charge is 0.298 e. The Morgan fingerprint density at radius 3 is 2.82 bits per heavy atom. The summed E-state index contributed by atoms with van der Waals surface area (Å²) in [4.78, 5) is 25.3. The number of halogens is 1. The molecular formula is C9H10ClN5O2. The lowest BCUT2D eigenvalue weighted by molar-refractivity contribution is 0.498. The molecule has 1 N–H and O–H groups in total. The molecule has 2 rings (SSSR count). The van der Waals surface area contributed by atoms with E-state index in [1.54, 1.807) is 17.1 Å². The van der Waals surface area contributed by atoms with E-state index in [4.69, 9.17) is 11.6 Å². The van der Waals surface area contributed by atoms with Gasteiger partial charge in [-0.05, 0) is 6.42 Å². The monoisotopic (exact) mass is 255 g/mol. The molecule has 8 heteroatoms. The molecule has 0 aliphatic heterocycles. The molecule has 0 fully saturated rings. The Balaban J connectivity index is 2.05. The fourth-order valence-electron chi connectivity index (χ4n) is 1.45. The van der Waals surface area contributed by atoms with Crippen molar-refractivity contribution < 1.29 is 0 Å². The van der Waals surface area contributed by atoms with E-state index in [9.17, 15) is 9.59 Å². The normalized spacial score (nSPS) is 10.6. The van der Waals surface area contributed by atoms with E-state index >= 15 is 0 Å². The zero-order chi connectivity index (χ0) is 12.3. The van der Waals surface area contributed by atoms with Gasteiger partial charge < -0.3 is 0 Å². The third kappa shape index (κ3) is 2.82. The number of rotatable bonds is 4. The number of hydrogen-bond donors (Lipinski definition) is 1. The minimum absolute atomic E-state index is 0.0486. The van der Waals surface area contributed by atoms with Gasteiger partial charge in [-0.15, -0.1) is 5.10 Å². The minimum atomic E-state index is -0.499. The molecule has 2 aromatic heterocycles. The van der Waals surface area contributed by atoms with Crippen molar-refractivity contribution in [1.29, 1.82) is 0 Å². The minimum Gasteiger partial charge on any atom is -0.298 e. The van der Waals surface area contributed by atoms with Gasteiger partial charge in [-0.25, -0.2) is 4.79 Å². The summed E-state index contributed by atoms with van der Waals surface area (Å²) < 4.78 is 2.73. The number of aryl methyl sites for hydroxylation is 1. The molecule has 0 bridgehead atoms. The maximum atomic E-state index is 11.5. The fourth-order valence-corrected chi connectivity index (χ4v) is 1.62. The van der Waals surface area contributed by atoms with Crippen LogP contribution in [-0.4, -0.2) is 24.5 Å². The Hall–Kier alpha value is -1.89. The number of aromatic amines is 1. The highest BCUT2D eigenvalue weighted by molar-refractivity contribution is 6.29. The molecule has 0 saturated carbocycles. The maximum absolute atomic E-state index is 11.5. The second-order valence-electron chi connectivity index (χ2n) is 3.43. The van der Waals surface area contributed by atoms with Crippen LogP contribution >= 0.6 is 11.6 Å². The first-order chi connectivity index (χ1) is 8.16. The van der Waals surface area contributed by atoms with Crippen LogP contribution in [0.3, 0.4) is 0 Å². The fraction of sp³-hybridized carbons (Fsp3) is 0.333. The van der Waals surface area contributed by atoms with Crippen molar-refractivity contribution in [3.05, 3.63) is 44.5 Å². The Kier molecular flexibility index (Phi) is 3.38. The van der Waals surface area contributed by atoms with Crippen LogP contribution in [0.15, 0.2) is 28.0 Å². The highest BCUT2D eigenvalue weighted by atomic mass is 35.5. The van der Waals surface area contributed by atoms with E-state index in [2.05, 4.69) is 15.3 Å². The molecule has 0 aromatic carbocycles. The molecule has 0 saturated heterocycles. The van der Waals surface area contributed by atoms with E-state index in [1.807, 2.05) is 0 Å². The lowest BCUT2D eigenvalue weighted by Crippen LogP contribution is -2.34. The van der Waals surface area contributed by atoms with Gasteiger partial charge in [0.2, 0.25) is 0 Å². The number of H-pyrrole nitrogens is 1. The van der Waals surface area contributed by atoms with E-state index < -0.39 is 11.2 Å². The Morgan fingerprint density at radius 1 is 1.35 bits per heavy atom. The number of aromatic nitrogens is 5. The van der Waals surface area contributed by atoms with Gasteiger partial charge in [0.1, 0.15) is 5.15 Å². The third-order valence-electron chi connectivity index (χ3n) is 2.23. The second kappa shape index (κ2) is 4.96. The molecule has 0 amide bonds. The summed E-state index contributed by atoms with van der Waals surface area (Å²) in [5, 5.41) is 7.48. The summed E-state index contributed by atoms with van der Waals surface area (Å²) in [5.74, 6) is 0. The SMILES string of the molecule is O=c1cc(Cl)[nH]c(=O)n1CCCn1ccnn1. The van der Waals surface area contributed by atoms with Crippen LogP contribution in [0.25, 0.3) is 0 Å². The molecule has 2 aromatic rings. The first kappa shape index (κ1) is 11.6. The maximum Gasteiger partial charge on any atom is 0.329 e. The molecule has 0 atom stereocenters. The van der Waals surface area contributed by atoms with Gasteiger partial charge in [0, 0.05) is 25.4 Å². The average Bonchev–Trinajstić information content (AvgIpc) is 2.74. The van der Waals surface area contributed by atoms with Crippen molar-refractivity contribution in [1.82, 2.24) is 24.5 Å². The van der Waals surface area contributed by atoms with Gasteiger partial charge in [0.15, 0.2) is 0 Å². The third-order valence-corrected chi connectivity index (χ3v) is 2.43. The van der Waals surface area contributed by atoms with Crippen LogP contribution in [-0.2, 0) is 13.1 Å². The molecule has 2 heterocycles. The first-order valence-corrected chi connectivity index (χ1v) is 5.38. The molecular weight excluding hydrogens is 246 g/mol. The van der Waals surface area contributed by atoms with E-state index in [1.165, 1.54) is 6.07 Å². The quantitative estimate of drug-likeness (QED) is 0.772. The van der Waals surface area contributed by atoms with Crippen LogP contribution in [0.2, 0.25) is 5.15 Å². The number of nitrogens with zero attached hydrogens (tertiary/aromatic N) is 4. The largest absolute Gasteiger partial charge is 0.329 e. The Morgan fingerprint density at radius 2 is 2.18 bits per heavy atom. The summed E-state index contributed by atoms with van der Waals surface area (Å²) >= 11 is 5.55. The number of hydrogen-bond acceptors (Lipinski definition) is 4. The van der Waals surface area contributed by atoms with E-state index in [0.717, 1.165) is 4.57 Å². The highest BCUT2D eigenvalue weighted by Crippen LogP contribution is 1.94. The number of nitrogens with one attached hydrogen (secondary N) is 1. The predicted molar refractivity (Wildman–Crippen MR) is 61.0 cm³/mol. The molecule has 0 radical (unpaired) electrons. The Labute approximate surface area is 101 Å². The van der Waals surface area contributed by atoms with Gasteiger partial charge >= 0.3 is 5.69 Å². The van der Waals surface area contributed by atoms with Gasteiger partial charge in [0.05, 0.1) is 6.20 Å². The van der Waals surface area contributed by atoms with Gasteiger partial charge in [0.25, 0.3) is 5.56 Å². The molecule has 17 heavy (non-hydrogen) atoms. The van der Waals surface area contributed by atoms with Gasteiger partial charge in [-0.2, -0.15) is 0 Å². The molecule has 90 valence electrons. The zero-order valence-electron chi connectivity index (χ0n) is 8.84. The van der Waals surface area contributed by atoms with Crippen molar-refractivity contribution >= 4 is 11.6 Å². The van der Waals surface area contributed by atoms with Gasteiger partial charge in [-0.3, -0.25) is 19.0 Å². The van der Waals surface area contributed by atoms with Gasteiger partial charge in [-0.1, -0.05) is 16.8 Å². The van der Waals surface area contributed by atoms with Crippen molar-refractivity contribution in [3.63, 3.8) is 0 Å². The molecule has 0 aliphatic carbocycles. The van der Waals surface area contributed by atoms with E-state index in [0.29, 0.717) is 19.5 Å². The lowest BCUT2D eigenvalue weighted by Gasteiger charge is -2.04. The summed E-state index contributed by atoms with van der Waals surface area (Å²) in [5.41, 5.74) is -0.904. The average molecular weight is 256 g/mol. The van der Waals surface area contributed by atoms with Crippen LogP contribution in [0.1, 0.15) is 6.42 Å². The molecule has 0 spiro atoms. The first-order valence-electron chi connectivity index (χ1n) is 5.00. The lowest BCUT2D eigenvalue weighted by atomic mass is 10.4. The van der Waals surface area contributed by atoms with Crippen molar-refractivity contribution in [2.45, 2.75) is 19.5 Å². The summed E-state index contributed by atoms with van der Waals surface area (Å²) in [6.07, 6.45) is 3.89. The van der Waals surface area contributed by atoms with Crippen molar-refractivity contribution in [3.8, 4) is 0 Å². The Bertz CT molecular complexity index is 569. The standard InChI is InChI=1S/C9H10ClN5O2/c10-7-6-8(16)15(9(17)12-7)4-1-3-14-5-2-11-13-14/h2,5-6H,1,3-4H2,(H,12,17). The van der Waals surface area contributed by atoms with Crippen LogP contribution in [0, 0.1) is 0 Å². The highest BCUT2D eigenvalue weighted by Gasteiger charge is 2.02. The zero-order valence-corrected chi connectivity index (χ0v) is 9.59. The van der Waals surface area contributed by atoms with Crippen LogP contribution < -0.4 is 11.2 Å². The van der Waals surface area contributed by atoms with Crippen LogP contribution in [0.4, 0.5) is 0 Å². The second-order valence-corrected chi connectivity index (χ2v) is 3.84. The molecule has 0 unspecified atom stereocenters. The van der Waals surface area contributed by atoms with E-state index in [-0.39, 0.29) is 5.15 Å². The summed E-state index contributed by atoms with van der Waals surface area (Å²) in [6.45, 7) is 0.902. The molecule has 7 nitrogen and oxygen atoms in total. The van der Waals surface area contributed by atoms with Crippen LogP contribution in [0.5, 0.6) is 0 Å². The van der Waals surface area contributed by atoms with Crippen molar-refractivity contribution in [2.24, 2.45) is 0 Å².